The van der Waals surface area contributed by atoms with Crippen molar-refractivity contribution in [2.24, 2.45) is 0 Å². The van der Waals surface area contributed by atoms with Gasteiger partial charge in [0, 0.05) is 56.4 Å². The Morgan fingerprint density at radius 2 is 1.26 bits per heavy atom. The van der Waals surface area contributed by atoms with Crippen molar-refractivity contribution in [3.63, 3.8) is 0 Å². The van der Waals surface area contributed by atoms with Crippen LogP contribution in [0.5, 0.6) is 0 Å². The summed E-state index contributed by atoms with van der Waals surface area (Å²) >= 11 is 20.2. The molecule has 0 radical (unpaired) electrons. The molecule has 2 unspecified atom stereocenters. The number of halogens is 2. The molecule has 4 heterocycles. The number of thioether (sulfide) groups is 2. The summed E-state index contributed by atoms with van der Waals surface area (Å²) in [4.78, 5) is 21.9. The molecule has 334 valence electrons. The van der Waals surface area contributed by atoms with Crippen LogP contribution in [0.2, 0.25) is 10.0 Å². The maximum absolute atomic E-state index is 12.6. The molecule has 1 N–H and O–H groups in total. The molecule has 0 spiro atoms. The molecule has 66 heavy (non-hydrogen) atoms. The van der Waals surface area contributed by atoms with Crippen LogP contribution in [0.1, 0.15) is 44.6 Å². The summed E-state index contributed by atoms with van der Waals surface area (Å²) in [6, 6.07) is 41.6. The molecule has 13 heteroatoms. The highest BCUT2D eigenvalue weighted by Gasteiger charge is 2.34. The normalized spacial score (nSPS) is 15.6. The minimum Gasteiger partial charge on any atom is -0.480 e. The van der Waals surface area contributed by atoms with Crippen molar-refractivity contribution in [3.8, 4) is 22.3 Å². The second-order valence-electron chi connectivity index (χ2n) is 16.4. The predicted molar refractivity (Wildman–Crippen MR) is 282 cm³/mol. The third-order valence-electron chi connectivity index (χ3n) is 12.6. The molecule has 0 saturated heterocycles. The summed E-state index contributed by atoms with van der Waals surface area (Å²) in [5, 5.41) is 15.9. The number of aliphatic carboxylic acids is 1. The van der Waals surface area contributed by atoms with E-state index in [9.17, 15) is 9.90 Å². The van der Waals surface area contributed by atoms with Crippen molar-refractivity contribution < 1.29 is 19.0 Å². The van der Waals surface area contributed by atoms with Crippen LogP contribution < -0.4 is 23.8 Å². The summed E-state index contributed by atoms with van der Waals surface area (Å²) < 4.78 is 7.23. The second-order valence-corrected chi connectivity index (χ2v) is 21.7. The van der Waals surface area contributed by atoms with Crippen LogP contribution in [0.4, 0.5) is 22.7 Å². The number of hydrogen-bond donors (Lipinski definition) is 1. The van der Waals surface area contributed by atoms with Gasteiger partial charge in [-0.1, -0.05) is 106 Å². The number of hydrogen-bond acceptors (Lipinski definition) is 8. The molecule has 8 aromatic rings. The Balaban J connectivity index is 0.878. The van der Waals surface area contributed by atoms with E-state index >= 15 is 0 Å². The number of likely N-dealkylation sites (N-methyl/N-ethyl adjacent to an activating group) is 1. The van der Waals surface area contributed by atoms with Gasteiger partial charge in [-0.25, -0.2) is 4.79 Å². The van der Waals surface area contributed by atoms with Crippen LogP contribution in [0.25, 0.3) is 48.8 Å². The Hall–Kier alpha value is -5.01. The molecule has 0 fully saturated rings. The molecular weight excluding hydrogens is 938 g/mol. The van der Waals surface area contributed by atoms with Crippen LogP contribution in [-0.4, -0.2) is 35.6 Å². The molecule has 0 saturated carbocycles. The highest BCUT2D eigenvalue weighted by molar-refractivity contribution is 8.04. The number of carbonyl (C=O) groups is 1. The van der Waals surface area contributed by atoms with Crippen LogP contribution in [0, 0.1) is 0 Å². The van der Waals surface area contributed by atoms with Crippen LogP contribution in [0.3, 0.4) is 0 Å². The number of rotatable bonds is 13. The highest BCUT2D eigenvalue weighted by atomic mass is 35.5. The zero-order valence-corrected chi connectivity index (χ0v) is 42.1. The molecule has 2 atom stereocenters. The second kappa shape index (κ2) is 18.6. The van der Waals surface area contributed by atoms with E-state index in [-0.39, 0.29) is 5.37 Å². The molecule has 0 bridgehead atoms. The number of fused-ring (bicyclic) bond motifs is 4. The van der Waals surface area contributed by atoms with Gasteiger partial charge in [0.15, 0.2) is 0 Å². The maximum Gasteiger partial charge on any atom is 0.326 e. The monoisotopic (exact) mass is 985 g/mol. The Morgan fingerprint density at radius 3 is 1.83 bits per heavy atom. The number of anilines is 4. The molecular formula is C53H49Cl2N5O2S4+2. The van der Waals surface area contributed by atoms with Gasteiger partial charge in [0.25, 0.3) is 5.01 Å². The fraction of sp³-hybridized carbons (Fsp3) is 0.226. The van der Waals surface area contributed by atoms with Crippen molar-refractivity contribution in [2.75, 3.05) is 27.8 Å². The predicted octanol–water partition coefficient (Wildman–Crippen LogP) is 14.4. The van der Waals surface area contributed by atoms with E-state index in [0.717, 1.165) is 81.8 Å². The lowest BCUT2D eigenvalue weighted by atomic mass is 10.0. The van der Waals surface area contributed by atoms with Crippen molar-refractivity contribution in [2.45, 2.75) is 75.3 Å². The van der Waals surface area contributed by atoms with E-state index < -0.39 is 12.0 Å². The number of benzene rings is 6. The van der Waals surface area contributed by atoms with Crippen molar-refractivity contribution in [1.82, 2.24) is 0 Å². The van der Waals surface area contributed by atoms with Crippen molar-refractivity contribution in [3.05, 3.63) is 146 Å². The van der Waals surface area contributed by atoms with Gasteiger partial charge >= 0.3 is 5.97 Å². The highest BCUT2D eigenvalue weighted by Crippen LogP contribution is 2.49. The van der Waals surface area contributed by atoms with E-state index in [2.05, 4.69) is 138 Å². The minimum absolute atomic E-state index is 0.289. The first-order valence-corrected chi connectivity index (χ1v) is 26.5. The summed E-state index contributed by atoms with van der Waals surface area (Å²) in [7, 11) is 0. The van der Waals surface area contributed by atoms with E-state index in [4.69, 9.17) is 23.2 Å². The molecule has 2 aliphatic heterocycles. The lowest BCUT2D eigenvalue weighted by Crippen LogP contribution is -2.39. The number of carboxylic acid groups (broad SMARTS) is 1. The number of carboxylic acids is 1. The Kier molecular flexibility index (Phi) is 12.6. The fourth-order valence-electron chi connectivity index (χ4n) is 9.33. The van der Waals surface area contributed by atoms with Gasteiger partial charge in [-0.05, 0) is 130 Å². The number of aromatic nitrogens is 2. The van der Waals surface area contributed by atoms with Gasteiger partial charge in [0.05, 0.1) is 34.3 Å². The van der Waals surface area contributed by atoms with Gasteiger partial charge in [-0.15, -0.1) is 0 Å². The Bertz CT molecular complexity index is 3190. The van der Waals surface area contributed by atoms with Gasteiger partial charge in [-0.3, -0.25) is 0 Å². The van der Waals surface area contributed by atoms with Gasteiger partial charge in [0.1, 0.15) is 28.5 Å². The molecule has 6 aromatic carbocycles. The fourth-order valence-corrected chi connectivity index (χ4v) is 14.7. The van der Waals surface area contributed by atoms with Crippen molar-refractivity contribution >= 4 is 125 Å². The Morgan fingerprint density at radius 1 is 0.697 bits per heavy atom. The first kappa shape index (κ1) is 44.8. The molecule has 2 aliphatic rings. The number of nitrogens with zero attached hydrogens (tertiary/aromatic N) is 5. The zero-order chi connectivity index (χ0) is 45.8. The first-order chi connectivity index (χ1) is 32.0. The lowest BCUT2D eigenvalue weighted by Gasteiger charge is -2.29. The van der Waals surface area contributed by atoms with E-state index in [1.807, 2.05) is 64.4 Å². The summed E-state index contributed by atoms with van der Waals surface area (Å²) in [5.41, 5.74) is 10.8. The van der Waals surface area contributed by atoms with Crippen molar-refractivity contribution in [1.29, 1.82) is 0 Å². The SMILES string of the molecule is CCN1/C(=C/c2sc3ccc(Cl)cc3[n+]2CC)Sc2ccc(-c3ccc(N(c4ccc(-c5ccc6c(c5)N(CC)C(Cc5sc7ccc(Cl)cc7[n+]5CC)S6)cc4)C(C)C(=O)O)cc3)cc21. The third-order valence-corrected chi connectivity index (χ3v) is 17.8. The quantitative estimate of drug-likeness (QED) is 0.116. The largest absolute Gasteiger partial charge is 0.480 e. The standard InChI is InChI=1S/C53H48Cl2N5O2S4/c1-6-56-41-26-35(14-22-45(41)63-49(56)30-51-58(8-3)43-28-37(54)16-24-47(43)65-51)33-10-18-39(19-11-33)60(32(5)53(61)62)40-20-12-34(13-21-40)36-15-23-46-42(27-36)57(7-2)50(64-46)31-52-59(9-4)44-29-38(55)17-25-48(44)66-52/h10-30,32,50H,6-9,31H2,1-5H3/q+1/p+1. The Labute approximate surface area is 412 Å². The average molecular weight is 987 g/mol. The van der Waals surface area contributed by atoms with Crippen LogP contribution in [-0.2, 0) is 24.3 Å². The smallest absolute Gasteiger partial charge is 0.326 e. The number of thiazole rings is 2. The first-order valence-electron chi connectivity index (χ1n) is 22.4. The van der Waals surface area contributed by atoms with Crippen LogP contribution >= 0.6 is 69.4 Å². The maximum atomic E-state index is 12.6. The summed E-state index contributed by atoms with van der Waals surface area (Å²) in [5.74, 6) is -0.888. The lowest BCUT2D eigenvalue weighted by molar-refractivity contribution is -0.670. The van der Waals surface area contributed by atoms with Gasteiger partial charge < -0.3 is 19.8 Å². The molecule has 0 aliphatic carbocycles. The topological polar surface area (TPSA) is 54.8 Å². The van der Waals surface area contributed by atoms with E-state index in [1.54, 1.807) is 30.0 Å². The number of aryl methyl sites for hydroxylation is 2. The third kappa shape index (κ3) is 8.26. The average Bonchev–Trinajstić information content (AvgIpc) is 4.07. The zero-order valence-electron chi connectivity index (χ0n) is 37.3. The molecule has 10 rings (SSSR count). The van der Waals surface area contributed by atoms with Crippen LogP contribution in [0.15, 0.2) is 136 Å². The molecule has 2 aromatic heterocycles. The van der Waals surface area contributed by atoms with E-state index in [1.165, 1.54) is 51.1 Å². The van der Waals surface area contributed by atoms with Gasteiger partial charge in [0.2, 0.25) is 16.0 Å². The van der Waals surface area contributed by atoms with Gasteiger partial charge in [-0.2, -0.15) is 9.13 Å². The minimum atomic E-state index is -0.888. The summed E-state index contributed by atoms with van der Waals surface area (Å²) in [6.07, 6.45) is 3.25. The molecule has 0 amide bonds. The summed E-state index contributed by atoms with van der Waals surface area (Å²) in [6.45, 7) is 14.1. The molecule has 7 nitrogen and oxygen atoms in total. The van der Waals surface area contributed by atoms with E-state index in [0.29, 0.717) is 0 Å².